The molecule has 2 aliphatic heterocycles. The molecule has 7 heteroatoms. The van der Waals surface area contributed by atoms with Crippen LogP contribution in [-0.4, -0.2) is 48.5 Å². The van der Waals surface area contributed by atoms with Crippen LogP contribution in [0.1, 0.15) is 57.4 Å². The van der Waals surface area contributed by atoms with E-state index < -0.39 is 17.8 Å². The zero-order valence-corrected chi connectivity index (χ0v) is 18.1. The number of aliphatic imine (C=N–C) groups is 1. The largest absolute Gasteiger partial charge is 0.504 e. The van der Waals surface area contributed by atoms with E-state index in [-0.39, 0.29) is 24.2 Å². The van der Waals surface area contributed by atoms with Gasteiger partial charge in [-0.05, 0) is 57.2 Å². The minimum absolute atomic E-state index is 0.0217. The highest BCUT2D eigenvalue weighted by molar-refractivity contribution is 6.11. The van der Waals surface area contributed by atoms with Gasteiger partial charge in [0.2, 0.25) is 0 Å². The number of benzene rings is 1. The van der Waals surface area contributed by atoms with Crippen LogP contribution in [0.5, 0.6) is 11.5 Å². The third kappa shape index (κ3) is 4.37. The molecule has 31 heavy (non-hydrogen) atoms. The Morgan fingerprint density at radius 2 is 2.10 bits per heavy atom. The van der Waals surface area contributed by atoms with Crippen molar-refractivity contribution in [3.63, 3.8) is 0 Å². The number of phenolic OH excluding ortho intramolecular Hbond substituents is 1. The first-order valence-corrected chi connectivity index (χ1v) is 11.0. The average Bonchev–Trinajstić information content (AvgIpc) is 3.27. The highest BCUT2D eigenvalue weighted by atomic mass is 16.6. The Morgan fingerprint density at radius 3 is 2.84 bits per heavy atom. The second kappa shape index (κ2) is 9.22. The molecule has 1 unspecified atom stereocenters. The predicted molar refractivity (Wildman–Crippen MR) is 114 cm³/mol. The number of ether oxygens (including phenoxy) is 3. The molecule has 0 spiro atoms. The molecule has 2 heterocycles. The van der Waals surface area contributed by atoms with E-state index in [0.29, 0.717) is 36.7 Å². The summed E-state index contributed by atoms with van der Waals surface area (Å²) in [5.41, 5.74) is 2.53. The molecule has 4 rings (SSSR count). The molecule has 1 saturated carbocycles. The van der Waals surface area contributed by atoms with E-state index in [1.54, 1.807) is 25.1 Å². The minimum Gasteiger partial charge on any atom is -0.504 e. The molecule has 0 radical (unpaired) electrons. The van der Waals surface area contributed by atoms with Gasteiger partial charge in [0.1, 0.15) is 12.4 Å². The Labute approximate surface area is 182 Å². The minimum atomic E-state index is -0.517. The van der Waals surface area contributed by atoms with Crippen molar-refractivity contribution in [1.82, 2.24) is 0 Å². The average molecular weight is 427 g/mol. The number of hydrogen-bond acceptors (Lipinski definition) is 7. The standard InChI is InChI=1S/C24H29NO6/c1-3-29-20-12-15(9-10-18(20)26)22-21(24(28)31-13-16-6-5-11-30-16)14(2)25-17-7-4-8-19(27)23(17)22/h9-10,12,16,22-23,26H,3-8,11,13H2,1-2H3/t16-,22+,23?/m1/s1. The van der Waals surface area contributed by atoms with Crippen LogP contribution in [0, 0.1) is 5.92 Å². The SMILES string of the molecule is CCOc1cc([C@H]2C(C(=O)OC[C@H]3CCCO3)=C(C)N=C3CCCC(=O)C32)ccc1O. The van der Waals surface area contributed by atoms with Crippen molar-refractivity contribution >= 4 is 17.5 Å². The van der Waals surface area contributed by atoms with Crippen LogP contribution < -0.4 is 4.74 Å². The molecule has 0 amide bonds. The first kappa shape index (κ1) is 21.6. The summed E-state index contributed by atoms with van der Waals surface area (Å²) in [5.74, 6) is -1.05. The van der Waals surface area contributed by atoms with Gasteiger partial charge in [-0.25, -0.2) is 4.79 Å². The van der Waals surface area contributed by atoms with Gasteiger partial charge >= 0.3 is 5.97 Å². The number of carbonyl (C=O) groups excluding carboxylic acids is 2. The van der Waals surface area contributed by atoms with Gasteiger partial charge in [0.25, 0.3) is 0 Å². The molecule has 7 nitrogen and oxygen atoms in total. The molecule has 1 aliphatic carbocycles. The third-order valence-electron chi connectivity index (χ3n) is 6.19. The number of allylic oxidation sites excluding steroid dienone is 1. The zero-order chi connectivity index (χ0) is 22.0. The second-order valence-electron chi connectivity index (χ2n) is 8.27. The number of carbonyl (C=O) groups is 2. The van der Waals surface area contributed by atoms with Crippen LogP contribution in [-0.2, 0) is 19.1 Å². The lowest BCUT2D eigenvalue weighted by Crippen LogP contribution is -2.39. The normalized spacial score (nSPS) is 25.8. The molecule has 0 bridgehead atoms. The molecule has 3 aliphatic rings. The molecule has 1 N–H and O–H groups in total. The number of Topliss-reactive ketones (excluding diaryl/α,β-unsaturated/α-hetero) is 1. The number of hydrogen-bond donors (Lipinski definition) is 1. The number of aromatic hydroxyl groups is 1. The van der Waals surface area contributed by atoms with E-state index in [1.165, 1.54) is 0 Å². The van der Waals surface area contributed by atoms with Crippen LogP contribution in [0.4, 0.5) is 0 Å². The molecule has 1 aromatic carbocycles. The summed E-state index contributed by atoms with van der Waals surface area (Å²) in [6.45, 7) is 4.89. The summed E-state index contributed by atoms with van der Waals surface area (Å²) in [4.78, 5) is 30.8. The molecule has 166 valence electrons. The van der Waals surface area contributed by atoms with E-state index in [2.05, 4.69) is 4.99 Å². The highest BCUT2D eigenvalue weighted by Crippen LogP contribution is 2.44. The first-order chi connectivity index (χ1) is 15.0. The molecule has 3 atom stereocenters. The highest BCUT2D eigenvalue weighted by Gasteiger charge is 2.44. The van der Waals surface area contributed by atoms with Crippen LogP contribution in [0.15, 0.2) is 34.5 Å². The maximum Gasteiger partial charge on any atom is 0.336 e. The lowest BCUT2D eigenvalue weighted by Gasteiger charge is -2.35. The van der Waals surface area contributed by atoms with Gasteiger partial charge in [-0.2, -0.15) is 0 Å². The van der Waals surface area contributed by atoms with Gasteiger partial charge in [0.05, 0.1) is 24.2 Å². The number of esters is 1. The topological polar surface area (TPSA) is 94.4 Å². The smallest absolute Gasteiger partial charge is 0.336 e. The molecule has 1 aromatic rings. The Kier molecular flexibility index (Phi) is 6.41. The van der Waals surface area contributed by atoms with E-state index in [0.717, 1.165) is 37.0 Å². The van der Waals surface area contributed by atoms with Gasteiger partial charge in [0.15, 0.2) is 11.5 Å². The molecule has 1 saturated heterocycles. The van der Waals surface area contributed by atoms with Crippen LogP contribution >= 0.6 is 0 Å². The second-order valence-corrected chi connectivity index (χ2v) is 8.27. The summed E-state index contributed by atoms with van der Waals surface area (Å²) >= 11 is 0. The Hall–Kier alpha value is -2.67. The summed E-state index contributed by atoms with van der Waals surface area (Å²) in [6, 6.07) is 5.01. The fourth-order valence-electron chi connectivity index (χ4n) is 4.76. The van der Waals surface area contributed by atoms with Crippen molar-refractivity contribution in [2.45, 2.75) is 58.0 Å². The zero-order valence-electron chi connectivity index (χ0n) is 18.1. The van der Waals surface area contributed by atoms with Crippen LogP contribution in [0.3, 0.4) is 0 Å². The predicted octanol–water partition coefficient (Wildman–Crippen LogP) is 3.69. The monoisotopic (exact) mass is 427 g/mol. The van der Waals surface area contributed by atoms with E-state index in [1.807, 2.05) is 6.92 Å². The van der Waals surface area contributed by atoms with Crippen LogP contribution in [0.25, 0.3) is 0 Å². The third-order valence-corrected chi connectivity index (χ3v) is 6.19. The van der Waals surface area contributed by atoms with Crippen molar-refractivity contribution in [2.75, 3.05) is 19.8 Å². The quantitative estimate of drug-likeness (QED) is 0.696. The van der Waals surface area contributed by atoms with Crippen LogP contribution in [0.2, 0.25) is 0 Å². The van der Waals surface area contributed by atoms with Gasteiger partial charge in [-0.1, -0.05) is 6.07 Å². The fourth-order valence-corrected chi connectivity index (χ4v) is 4.76. The maximum atomic E-state index is 13.2. The summed E-state index contributed by atoms with van der Waals surface area (Å²) < 4.78 is 16.7. The van der Waals surface area contributed by atoms with Crippen molar-refractivity contribution in [1.29, 1.82) is 0 Å². The summed E-state index contributed by atoms with van der Waals surface area (Å²) in [5, 5.41) is 10.1. The lowest BCUT2D eigenvalue weighted by molar-refractivity contribution is -0.142. The Bertz CT molecular complexity index is 928. The van der Waals surface area contributed by atoms with Crippen molar-refractivity contribution in [3.05, 3.63) is 35.0 Å². The summed E-state index contributed by atoms with van der Waals surface area (Å²) in [6.07, 6.45) is 3.72. The Morgan fingerprint density at radius 1 is 1.26 bits per heavy atom. The van der Waals surface area contributed by atoms with Crippen molar-refractivity contribution in [3.8, 4) is 11.5 Å². The number of rotatable bonds is 6. The van der Waals surface area contributed by atoms with E-state index in [9.17, 15) is 14.7 Å². The fraction of sp³-hybridized carbons (Fsp3) is 0.542. The van der Waals surface area contributed by atoms with Gasteiger partial charge in [-0.15, -0.1) is 0 Å². The first-order valence-electron chi connectivity index (χ1n) is 11.0. The van der Waals surface area contributed by atoms with Gasteiger partial charge in [-0.3, -0.25) is 9.79 Å². The van der Waals surface area contributed by atoms with Crippen molar-refractivity contribution < 1.29 is 28.9 Å². The number of phenols is 1. The molecular formula is C24H29NO6. The lowest BCUT2D eigenvalue weighted by atomic mass is 9.69. The van der Waals surface area contributed by atoms with E-state index >= 15 is 0 Å². The number of ketones is 1. The summed E-state index contributed by atoms with van der Waals surface area (Å²) in [7, 11) is 0. The maximum absolute atomic E-state index is 13.2. The number of fused-ring (bicyclic) bond motifs is 1. The molecular weight excluding hydrogens is 398 g/mol. The van der Waals surface area contributed by atoms with Crippen molar-refractivity contribution in [2.24, 2.45) is 10.9 Å². The van der Waals surface area contributed by atoms with Gasteiger partial charge in [0, 0.05) is 30.4 Å². The van der Waals surface area contributed by atoms with Gasteiger partial charge < -0.3 is 19.3 Å². The van der Waals surface area contributed by atoms with E-state index in [4.69, 9.17) is 14.2 Å². The molecule has 0 aromatic heterocycles. The number of nitrogens with zero attached hydrogens (tertiary/aromatic N) is 1. The Balaban J connectivity index is 1.72. The molecule has 2 fully saturated rings.